The van der Waals surface area contributed by atoms with Crippen molar-refractivity contribution in [2.24, 2.45) is 0 Å². The van der Waals surface area contributed by atoms with E-state index >= 15 is 0 Å². The average Bonchev–Trinajstić information content (AvgIpc) is 3.01. The maximum Gasteiger partial charge on any atom is 0.270 e. The average molecular weight is 380 g/mol. The smallest absolute Gasteiger partial charge is 0.270 e. The summed E-state index contributed by atoms with van der Waals surface area (Å²) in [6.07, 6.45) is 0.696. The molecule has 0 N–H and O–H groups in total. The molecule has 0 aliphatic carbocycles. The van der Waals surface area contributed by atoms with Crippen molar-refractivity contribution in [2.75, 3.05) is 44.3 Å². The first kappa shape index (κ1) is 17.6. The Bertz CT molecular complexity index is 804. The van der Waals surface area contributed by atoms with Crippen molar-refractivity contribution in [3.63, 3.8) is 0 Å². The van der Waals surface area contributed by atoms with Gasteiger partial charge in [0.2, 0.25) is 5.60 Å². The molecule has 8 heteroatoms. The quantitative estimate of drug-likeness (QED) is 0.746. The van der Waals surface area contributed by atoms with Crippen LogP contribution in [0.15, 0.2) is 24.3 Å². The summed E-state index contributed by atoms with van der Waals surface area (Å²) in [5.74, 6) is 1.69. The molecule has 4 rings (SSSR count). The number of piperazine rings is 1. The Balaban J connectivity index is 1.38. The minimum absolute atomic E-state index is 0.0781. The summed E-state index contributed by atoms with van der Waals surface area (Å²) in [5, 5.41) is 0. The molecule has 0 spiro atoms. The normalized spacial score (nSPS) is 31.0. The Morgan fingerprint density at radius 1 is 1.15 bits per heavy atom. The lowest BCUT2D eigenvalue weighted by Crippen LogP contribution is -2.60. The van der Waals surface area contributed by atoms with Gasteiger partial charge in [0, 0.05) is 32.2 Å². The second kappa shape index (κ2) is 6.42. The monoisotopic (exact) mass is 380 g/mol. The summed E-state index contributed by atoms with van der Waals surface area (Å²) in [6, 6.07) is 7.45. The molecule has 2 fully saturated rings. The van der Waals surface area contributed by atoms with Crippen LogP contribution in [0.25, 0.3) is 0 Å². The standard InChI is InChI=1S/C18H24N2O5S/c1-18(13-24-15-4-2-3-5-16(15)25-18)17(21)20-9-7-19(8-10-20)14-6-11-26(22,23)12-14/h2-5,14H,6-13H2,1H3. The molecule has 1 amide bonds. The van der Waals surface area contributed by atoms with Crippen molar-refractivity contribution in [2.45, 2.75) is 25.0 Å². The predicted octanol–water partition coefficient (Wildman–Crippen LogP) is 0.548. The first-order valence-corrected chi connectivity index (χ1v) is 10.8. The van der Waals surface area contributed by atoms with Gasteiger partial charge in [-0.3, -0.25) is 9.69 Å². The van der Waals surface area contributed by atoms with Crippen LogP contribution in [-0.4, -0.2) is 80.1 Å². The third-order valence-electron chi connectivity index (χ3n) is 5.47. The van der Waals surface area contributed by atoms with Crippen LogP contribution in [0.1, 0.15) is 13.3 Å². The molecule has 2 unspecified atom stereocenters. The zero-order chi connectivity index (χ0) is 18.4. The molecule has 0 bridgehead atoms. The number of hydrogen-bond acceptors (Lipinski definition) is 6. The van der Waals surface area contributed by atoms with Crippen molar-refractivity contribution in [3.8, 4) is 11.5 Å². The minimum atomic E-state index is -2.89. The molecule has 3 heterocycles. The largest absolute Gasteiger partial charge is 0.485 e. The van der Waals surface area contributed by atoms with Crippen molar-refractivity contribution >= 4 is 15.7 Å². The van der Waals surface area contributed by atoms with E-state index < -0.39 is 15.4 Å². The molecular weight excluding hydrogens is 356 g/mol. The lowest BCUT2D eigenvalue weighted by molar-refractivity contribution is -0.153. The third-order valence-corrected chi connectivity index (χ3v) is 7.22. The summed E-state index contributed by atoms with van der Waals surface area (Å²) in [4.78, 5) is 17.0. The Morgan fingerprint density at radius 2 is 1.85 bits per heavy atom. The lowest BCUT2D eigenvalue weighted by Gasteiger charge is -2.42. The number of benzene rings is 1. The Morgan fingerprint density at radius 3 is 2.50 bits per heavy atom. The molecule has 0 aromatic heterocycles. The highest BCUT2D eigenvalue weighted by Gasteiger charge is 2.44. The Hall–Kier alpha value is -1.80. The molecule has 3 aliphatic heterocycles. The Labute approximate surface area is 153 Å². The summed E-state index contributed by atoms with van der Waals surface area (Å²) in [6.45, 7) is 4.50. The van der Waals surface area contributed by atoms with E-state index in [-0.39, 0.29) is 30.1 Å². The maximum atomic E-state index is 13.0. The lowest BCUT2D eigenvalue weighted by atomic mass is 10.0. The SMILES string of the molecule is CC1(C(=O)N2CCN(C3CCS(=O)(=O)C3)CC2)COc2ccccc2O1. The van der Waals surface area contributed by atoms with Crippen LogP contribution >= 0.6 is 0 Å². The van der Waals surface area contributed by atoms with Crippen LogP contribution in [0, 0.1) is 0 Å². The predicted molar refractivity (Wildman–Crippen MR) is 96.2 cm³/mol. The van der Waals surface area contributed by atoms with Gasteiger partial charge in [-0.05, 0) is 25.5 Å². The van der Waals surface area contributed by atoms with E-state index in [0.29, 0.717) is 44.1 Å². The highest BCUT2D eigenvalue weighted by molar-refractivity contribution is 7.91. The highest BCUT2D eigenvalue weighted by Crippen LogP contribution is 2.35. The zero-order valence-electron chi connectivity index (χ0n) is 14.9. The number of sulfone groups is 1. The molecule has 1 aromatic carbocycles. The number of rotatable bonds is 2. The van der Waals surface area contributed by atoms with Crippen LogP contribution in [0.2, 0.25) is 0 Å². The summed E-state index contributed by atoms with van der Waals surface area (Å²) < 4.78 is 35.1. The van der Waals surface area contributed by atoms with Crippen LogP contribution in [0.3, 0.4) is 0 Å². The first-order chi connectivity index (χ1) is 12.4. The van der Waals surface area contributed by atoms with Gasteiger partial charge in [0.25, 0.3) is 5.91 Å². The van der Waals surface area contributed by atoms with Crippen molar-refractivity contribution in [3.05, 3.63) is 24.3 Å². The molecule has 7 nitrogen and oxygen atoms in total. The fourth-order valence-corrected chi connectivity index (χ4v) is 5.70. The summed E-state index contributed by atoms with van der Waals surface area (Å²) in [7, 11) is -2.89. The van der Waals surface area contributed by atoms with Crippen LogP contribution in [0.4, 0.5) is 0 Å². The van der Waals surface area contributed by atoms with Gasteiger partial charge in [-0.2, -0.15) is 0 Å². The van der Waals surface area contributed by atoms with Crippen molar-refractivity contribution in [1.29, 1.82) is 0 Å². The molecule has 1 aromatic rings. The second-order valence-electron chi connectivity index (χ2n) is 7.45. The topological polar surface area (TPSA) is 76.2 Å². The van der Waals surface area contributed by atoms with Gasteiger partial charge in [0.15, 0.2) is 21.3 Å². The number of hydrogen-bond donors (Lipinski definition) is 0. The van der Waals surface area contributed by atoms with E-state index in [4.69, 9.17) is 9.47 Å². The Kier molecular flexibility index (Phi) is 4.35. The van der Waals surface area contributed by atoms with Gasteiger partial charge in [-0.15, -0.1) is 0 Å². The van der Waals surface area contributed by atoms with E-state index in [1.165, 1.54) is 0 Å². The van der Waals surface area contributed by atoms with Crippen molar-refractivity contribution in [1.82, 2.24) is 9.80 Å². The molecular formula is C18H24N2O5S. The van der Waals surface area contributed by atoms with Crippen LogP contribution < -0.4 is 9.47 Å². The van der Waals surface area contributed by atoms with E-state index in [1.54, 1.807) is 17.9 Å². The minimum Gasteiger partial charge on any atom is -0.485 e. The summed E-state index contributed by atoms with van der Waals surface area (Å²) >= 11 is 0. The van der Waals surface area contributed by atoms with Crippen molar-refractivity contribution < 1.29 is 22.7 Å². The van der Waals surface area contributed by atoms with Gasteiger partial charge in [-0.1, -0.05) is 12.1 Å². The number of carbonyl (C=O) groups is 1. The van der Waals surface area contributed by atoms with Crippen LogP contribution in [-0.2, 0) is 14.6 Å². The van der Waals surface area contributed by atoms with E-state index in [9.17, 15) is 13.2 Å². The fourth-order valence-electron chi connectivity index (χ4n) is 3.93. The first-order valence-electron chi connectivity index (χ1n) is 9.01. The van der Waals surface area contributed by atoms with E-state index in [2.05, 4.69) is 4.90 Å². The number of carbonyl (C=O) groups excluding carboxylic acids is 1. The van der Waals surface area contributed by atoms with Gasteiger partial charge in [-0.25, -0.2) is 8.42 Å². The molecule has 2 atom stereocenters. The molecule has 0 radical (unpaired) electrons. The molecule has 3 aliphatic rings. The third kappa shape index (κ3) is 3.27. The fraction of sp³-hybridized carbons (Fsp3) is 0.611. The zero-order valence-corrected chi connectivity index (χ0v) is 15.7. The second-order valence-corrected chi connectivity index (χ2v) is 9.68. The van der Waals surface area contributed by atoms with Gasteiger partial charge >= 0.3 is 0 Å². The van der Waals surface area contributed by atoms with E-state index in [0.717, 1.165) is 0 Å². The number of fused-ring (bicyclic) bond motifs is 1. The number of para-hydroxylation sites is 2. The van der Waals surface area contributed by atoms with E-state index in [1.807, 2.05) is 18.2 Å². The van der Waals surface area contributed by atoms with Gasteiger partial charge in [0.05, 0.1) is 11.5 Å². The highest BCUT2D eigenvalue weighted by atomic mass is 32.2. The number of amides is 1. The molecule has 0 saturated carbocycles. The molecule has 26 heavy (non-hydrogen) atoms. The van der Waals surface area contributed by atoms with Gasteiger partial charge in [0.1, 0.15) is 6.61 Å². The number of ether oxygens (including phenoxy) is 2. The molecule has 142 valence electrons. The maximum absolute atomic E-state index is 13.0. The van der Waals surface area contributed by atoms with Gasteiger partial charge < -0.3 is 14.4 Å². The molecule has 2 saturated heterocycles. The van der Waals surface area contributed by atoms with Crippen LogP contribution in [0.5, 0.6) is 11.5 Å². The number of nitrogens with zero attached hydrogens (tertiary/aromatic N) is 2. The summed E-state index contributed by atoms with van der Waals surface area (Å²) in [5.41, 5.74) is -1.03.